The molecule has 4 rings (SSSR count). The molecule has 0 unspecified atom stereocenters. The van der Waals surface area contributed by atoms with Crippen LogP contribution >= 0.6 is 0 Å². The molecule has 7 nitrogen and oxygen atoms in total. The highest BCUT2D eigenvalue weighted by Gasteiger charge is 2.23. The first-order valence-corrected chi connectivity index (χ1v) is 10.8. The van der Waals surface area contributed by atoms with E-state index in [2.05, 4.69) is 10.0 Å². The maximum atomic E-state index is 12.6. The minimum Gasteiger partial charge on any atom is -0.486 e. The SMILES string of the molecule is O=C(Nc1ccc(NS(=O)(=O)c2ccc3c(c2)OCCO3)cc1)C1CCCC1. The second kappa shape index (κ2) is 7.71. The van der Waals surface area contributed by atoms with E-state index in [0.717, 1.165) is 25.7 Å². The molecule has 1 aliphatic heterocycles. The van der Waals surface area contributed by atoms with Crippen molar-refractivity contribution in [2.45, 2.75) is 30.6 Å². The molecule has 1 saturated carbocycles. The Labute approximate surface area is 164 Å². The van der Waals surface area contributed by atoms with E-state index < -0.39 is 10.0 Å². The lowest BCUT2D eigenvalue weighted by atomic mass is 10.1. The predicted molar refractivity (Wildman–Crippen MR) is 105 cm³/mol. The lowest BCUT2D eigenvalue weighted by Crippen LogP contribution is -2.20. The molecule has 2 aromatic rings. The summed E-state index contributed by atoms with van der Waals surface area (Å²) in [7, 11) is -3.77. The molecular formula is C20H22N2O5S. The Morgan fingerprint density at radius 2 is 1.54 bits per heavy atom. The highest BCUT2D eigenvalue weighted by Crippen LogP contribution is 2.33. The predicted octanol–water partition coefficient (Wildman–Crippen LogP) is 3.39. The van der Waals surface area contributed by atoms with Gasteiger partial charge < -0.3 is 14.8 Å². The number of nitrogens with one attached hydrogen (secondary N) is 2. The maximum absolute atomic E-state index is 12.6. The molecule has 0 aromatic heterocycles. The van der Waals surface area contributed by atoms with Gasteiger partial charge in [0.05, 0.1) is 4.90 Å². The van der Waals surface area contributed by atoms with Gasteiger partial charge in [0.25, 0.3) is 10.0 Å². The van der Waals surface area contributed by atoms with Crippen molar-refractivity contribution in [1.29, 1.82) is 0 Å². The molecular weight excluding hydrogens is 380 g/mol. The standard InChI is InChI=1S/C20H22N2O5S/c23-20(14-3-1-2-4-14)21-15-5-7-16(8-6-15)22-28(24,25)17-9-10-18-19(13-17)27-12-11-26-18/h5-10,13-14,22H,1-4,11-12H2,(H,21,23). The first kappa shape index (κ1) is 18.6. The lowest BCUT2D eigenvalue weighted by Gasteiger charge is -2.19. The molecule has 0 bridgehead atoms. The number of amides is 1. The lowest BCUT2D eigenvalue weighted by molar-refractivity contribution is -0.119. The van der Waals surface area contributed by atoms with Gasteiger partial charge in [0.2, 0.25) is 5.91 Å². The van der Waals surface area contributed by atoms with Crippen molar-refractivity contribution in [1.82, 2.24) is 0 Å². The van der Waals surface area contributed by atoms with Crippen molar-refractivity contribution in [2.75, 3.05) is 23.3 Å². The summed E-state index contributed by atoms with van der Waals surface area (Å²) in [5.74, 6) is 1.06. The first-order valence-electron chi connectivity index (χ1n) is 9.35. The second-order valence-electron chi connectivity index (χ2n) is 6.96. The number of hydrogen-bond acceptors (Lipinski definition) is 5. The molecule has 2 aliphatic rings. The molecule has 0 radical (unpaired) electrons. The third-order valence-corrected chi connectivity index (χ3v) is 6.33. The number of sulfonamides is 1. The number of carbonyl (C=O) groups excluding carboxylic acids is 1. The van der Waals surface area contributed by atoms with Gasteiger partial charge in [0, 0.05) is 23.4 Å². The summed E-state index contributed by atoms with van der Waals surface area (Å²) in [6, 6.07) is 11.1. The Kier molecular flexibility index (Phi) is 5.13. The van der Waals surface area contributed by atoms with E-state index >= 15 is 0 Å². The number of fused-ring (bicyclic) bond motifs is 1. The number of ether oxygens (including phenoxy) is 2. The Balaban J connectivity index is 1.44. The molecule has 2 N–H and O–H groups in total. The fraction of sp³-hybridized carbons (Fsp3) is 0.350. The maximum Gasteiger partial charge on any atom is 0.262 e. The number of hydrogen-bond donors (Lipinski definition) is 2. The van der Waals surface area contributed by atoms with Crippen LogP contribution in [0, 0.1) is 5.92 Å². The fourth-order valence-corrected chi connectivity index (χ4v) is 4.53. The van der Waals surface area contributed by atoms with Crippen LogP contribution in [0.2, 0.25) is 0 Å². The van der Waals surface area contributed by atoms with Crippen molar-refractivity contribution < 1.29 is 22.7 Å². The van der Waals surface area contributed by atoms with Gasteiger partial charge in [-0.1, -0.05) is 12.8 Å². The third kappa shape index (κ3) is 4.06. The van der Waals surface area contributed by atoms with Crippen molar-refractivity contribution in [2.24, 2.45) is 5.92 Å². The molecule has 8 heteroatoms. The summed E-state index contributed by atoms with van der Waals surface area (Å²) in [4.78, 5) is 12.3. The van der Waals surface area contributed by atoms with Gasteiger partial charge in [0.15, 0.2) is 11.5 Å². The van der Waals surface area contributed by atoms with Crippen molar-refractivity contribution in [3.05, 3.63) is 42.5 Å². The van der Waals surface area contributed by atoms with Crippen LogP contribution in [0.5, 0.6) is 11.5 Å². The third-order valence-electron chi connectivity index (χ3n) is 4.95. The molecule has 28 heavy (non-hydrogen) atoms. The van der Waals surface area contributed by atoms with Crippen LogP contribution in [0.3, 0.4) is 0 Å². The normalized spacial score (nSPS) is 16.6. The molecule has 1 amide bonds. The van der Waals surface area contributed by atoms with Crippen LogP contribution in [0.1, 0.15) is 25.7 Å². The van der Waals surface area contributed by atoms with Gasteiger partial charge >= 0.3 is 0 Å². The van der Waals surface area contributed by atoms with Crippen LogP contribution in [0.4, 0.5) is 11.4 Å². The number of benzene rings is 2. The highest BCUT2D eigenvalue weighted by atomic mass is 32.2. The number of rotatable bonds is 5. The van der Waals surface area contributed by atoms with E-state index in [1.165, 1.54) is 12.1 Å². The van der Waals surface area contributed by atoms with Gasteiger partial charge in [-0.15, -0.1) is 0 Å². The van der Waals surface area contributed by atoms with Gasteiger partial charge in [0.1, 0.15) is 13.2 Å². The monoisotopic (exact) mass is 402 g/mol. The topological polar surface area (TPSA) is 93.7 Å². The first-order chi connectivity index (χ1) is 13.5. The summed E-state index contributed by atoms with van der Waals surface area (Å²) in [6.45, 7) is 0.832. The molecule has 148 valence electrons. The van der Waals surface area contributed by atoms with Gasteiger partial charge in [-0.05, 0) is 49.2 Å². The average molecular weight is 402 g/mol. The number of anilines is 2. The Hall–Kier alpha value is -2.74. The van der Waals surface area contributed by atoms with Crippen LogP contribution in [0.15, 0.2) is 47.4 Å². The summed E-state index contributed by atoms with van der Waals surface area (Å²) in [6.07, 6.45) is 4.05. The van der Waals surface area contributed by atoms with Crippen molar-refractivity contribution >= 4 is 27.3 Å². The zero-order valence-corrected chi connectivity index (χ0v) is 16.1. The Morgan fingerprint density at radius 3 is 2.25 bits per heavy atom. The van der Waals surface area contributed by atoms with E-state index in [0.29, 0.717) is 36.1 Å². The van der Waals surface area contributed by atoms with E-state index in [4.69, 9.17) is 9.47 Å². The summed E-state index contributed by atoms with van der Waals surface area (Å²) in [5, 5.41) is 2.89. The van der Waals surface area contributed by atoms with Crippen LogP contribution in [0.25, 0.3) is 0 Å². The smallest absolute Gasteiger partial charge is 0.262 e. The van der Waals surface area contributed by atoms with E-state index in [-0.39, 0.29) is 16.7 Å². The average Bonchev–Trinajstić information content (AvgIpc) is 3.24. The molecule has 1 fully saturated rings. The Bertz CT molecular complexity index is 967. The highest BCUT2D eigenvalue weighted by molar-refractivity contribution is 7.92. The van der Waals surface area contributed by atoms with Gasteiger partial charge in [-0.3, -0.25) is 9.52 Å². The summed E-state index contributed by atoms with van der Waals surface area (Å²) in [5.41, 5.74) is 1.06. The van der Waals surface area contributed by atoms with E-state index in [1.807, 2.05) is 0 Å². The zero-order valence-electron chi connectivity index (χ0n) is 15.3. The fourth-order valence-electron chi connectivity index (χ4n) is 3.46. The van der Waals surface area contributed by atoms with E-state index in [1.54, 1.807) is 30.3 Å². The van der Waals surface area contributed by atoms with Gasteiger partial charge in [-0.2, -0.15) is 0 Å². The Morgan fingerprint density at radius 1 is 0.893 bits per heavy atom. The van der Waals surface area contributed by atoms with Gasteiger partial charge in [-0.25, -0.2) is 8.42 Å². The molecule has 2 aromatic carbocycles. The van der Waals surface area contributed by atoms with E-state index in [9.17, 15) is 13.2 Å². The molecule has 1 aliphatic carbocycles. The number of carbonyl (C=O) groups is 1. The summed E-state index contributed by atoms with van der Waals surface area (Å²) < 4.78 is 38.7. The van der Waals surface area contributed by atoms with Crippen LogP contribution in [-0.2, 0) is 14.8 Å². The van der Waals surface area contributed by atoms with Crippen molar-refractivity contribution in [3.63, 3.8) is 0 Å². The minimum atomic E-state index is -3.77. The largest absolute Gasteiger partial charge is 0.486 e. The molecule has 1 heterocycles. The molecule has 0 saturated heterocycles. The second-order valence-corrected chi connectivity index (χ2v) is 8.64. The molecule has 0 spiro atoms. The van der Waals surface area contributed by atoms with Crippen molar-refractivity contribution in [3.8, 4) is 11.5 Å². The summed E-state index contributed by atoms with van der Waals surface area (Å²) >= 11 is 0. The minimum absolute atomic E-state index is 0.0297. The van der Waals surface area contributed by atoms with Crippen LogP contribution in [-0.4, -0.2) is 27.5 Å². The van der Waals surface area contributed by atoms with Crippen LogP contribution < -0.4 is 19.5 Å². The molecule has 0 atom stereocenters. The zero-order chi connectivity index (χ0) is 19.6. The quantitative estimate of drug-likeness (QED) is 0.800.